The van der Waals surface area contributed by atoms with Crippen LogP contribution in [0.15, 0.2) is 29.3 Å². The molecule has 1 saturated heterocycles. The Labute approximate surface area is 112 Å². The zero-order chi connectivity index (χ0) is 13.9. The van der Waals surface area contributed by atoms with Gasteiger partial charge in [0, 0.05) is 6.54 Å². The molecular weight excluding hydrogens is 245 g/mol. The largest absolute Gasteiger partial charge is 0.338 e. The van der Waals surface area contributed by atoms with E-state index < -0.39 is 5.54 Å². The molecule has 1 fully saturated rings. The van der Waals surface area contributed by atoms with Gasteiger partial charge >= 0.3 is 0 Å². The van der Waals surface area contributed by atoms with Gasteiger partial charge in [-0.3, -0.25) is 15.1 Å². The van der Waals surface area contributed by atoms with E-state index in [9.17, 15) is 9.18 Å². The summed E-state index contributed by atoms with van der Waals surface area (Å²) in [5.41, 5.74) is -0.302. The van der Waals surface area contributed by atoms with Crippen LogP contribution in [-0.4, -0.2) is 18.4 Å². The zero-order valence-electron chi connectivity index (χ0n) is 11.2. The van der Waals surface area contributed by atoms with Crippen molar-refractivity contribution in [3.63, 3.8) is 0 Å². The Hall–Kier alpha value is -1.91. The molecule has 1 unspecified atom stereocenters. The molecule has 2 N–H and O–H groups in total. The fraction of sp³-hybridized carbons (Fsp3) is 0.429. The van der Waals surface area contributed by atoms with Crippen molar-refractivity contribution in [1.29, 1.82) is 0 Å². The Bertz CT molecular complexity index is 515. The van der Waals surface area contributed by atoms with E-state index in [0.717, 1.165) is 6.42 Å². The van der Waals surface area contributed by atoms with Crippen molar-refractivity contribution in [2.24, 2.45) is 4.99 Å². The summed E-state index contributed by atoms with van der Waals surface area (Å²) in [6, 6.07) is 6.12. The monoisotopic (exact) mass is 263 g/mol. The molecule has 1 aliphatic heterocycles. The number of hydrogen-bond acceptors (Lipinski definition) is 2. The lowest BCUT2D eigenvalue weighted by molar-refractivity contribution is -0.124. The molecule has 1 atom stereocenters. The fourth-order valence-electron chi connectivity index (χ4n) is 2.22. The molecule has 1 amide bonds. The molecule has 19 heavy (non-hydrogen) atoms. The van der Waals surface area contributed by atoms with Crippen LogP contribution in [-0.2, 0) is 10.3 Å². The van der Waals surface area contributed by atoms with Gasteiger partial charge in [0.25, 0.3) is 5.91 Å². The molecule has 1 heterocycles. The molecule has 0 spiro atoms. The molecule has 0 aliphatic carbocycles. The smallest absolute Gasteiger partial charge is 0.257 e. The van der Waals surface area contributed by atoms with Crippen LogP contribution in [0.3, 0.4) is 0 Å². The minimum Gasteiger partial charge on any atom is -0.338 e. The predicted octanol–water partition coefficient (Wildman–Crippen LogP) is 1.92. The van der Waals surface area contributed by atoms with E-state index in [0.29, 0.717) is 24.5 Å². The number of rotatable bonds is 4. The van der Waals surface area contributed by atoms with Gasteiger partial charge in [-0.25, -0.2) is 4.39 Å². The van der Waals surface area contributed by atoms with E-state index in [4.69, 9.17) is 0 Å². The van der Waals surface area contributed by atoms with E-state index in [1.165, 1.54) is 12.1 Å². The molecule has 4 nitrogen and oxygen atoms in total. The molecule has 0 radical (unpaired) electrons. The Morgan fingerprint density at radius 2 is 2.16 bits per heavy atom. The van der Waals surface area contributed by atoms with Crippen molar-refractivity contribution in [1.82, 2.24) is 10.6 Å². The summed E-state index contributed by atoms with van der Waals surface area (Å²) >= 11 is 0. The third-order valence-corrected chi connectivity index (χ3v) is 3.29. The van der Waals surface area contributed by atoms with Crippen LogP contribution in [0.4, 0.5) is 4.39 Å². The number of halogens is 1. The molecule has 0 saturated carbocycles. The number of guanidine groups is 1. The highest BCUT2D eigenvalue weighted by atomic mass is 19.1. The maximum Gasteiger partial charge on any atom is 0.257 e. The second kappa shape index (κ2) is 5.38. The maximum absolute atomic E-state index is 13.4. The number of benzene rings is 1. The summed E-state index contributed by atoms with van der Waals surface area (Å²) in [5.74, 6) is -0.0627. The van der Waals surface area contributed by atoms with Crippen molar-refractivity contribution in [2.45, 2.75) is 32.2 Å². The maximum atomic E-state index is 13.4. The Morgan fingerprint density at radius 1 is 1.37 bits per heavy atom. The normalized spacial score (nSPS) is 24.4. The van der Waals surface area contributed by atoms with Gasteiger partial charge in [-0.15, -0.1) is 0 Å². The van der Waals surface area contributed by atoms with Crippen LogP contribution in [0.25, 0.3) is 0 Å². The van der Waals surface area contributed by atoms with Crippen molar-refractivity contribution in [2.75, 3.05) is 6.54 Å². The molecule has 1 aliphatic rings. The summed E-state index contributed by atoms with van der Waals surface area (Å²) in [4.78, 5) is 16.5. The molecule has 102 valence electrons. The van der Waals surface area contributed by atoms with Crippen LogP contribution in [0.5, 0.6) is 0 Å². The zero-order valence-corrected chi connectivity index (χ0v) is 11.2. The first-order valence-electron chi connectivity index (χ1n) is 6.52. The highest BCUT2D eigenvalue weighted by Gasteiger charge is 2.45. The third-order valence-electron chi connectivity index (χ3n) is 3.29. The van der Waals surface area contributed by atoms with E-state index in [-0.39, 0.29) is 11.7 Å². The second-order valence-electron chi connectivity index (χ2n) is 4.58. The van der Waals surface area contributed by atoms with Gasteiger partial charge in [0.05, 0.1) is 0 Å². The molecule has 0 bridgehead atoms. The number of carbonyl (C=O) groups is 1. The average Bonchev–Trinajstić information content (AvgIpc) is 2.74. The van der Waals surface area contributed by atoms with Gasteiger partial charge in [-0.1, -0.05) is 26.0 Å². The first kappa shape index (κ1) is 13.5. The van der Waals surface area contributed by atoms with E-state index in [1.54, 1.807) is 12.1 Å². The van der Waals surface area contributed by atoms with Gasteiger partial charge in [0.2, 0.25) is 0 Å². The lowest BCUT2D eigenvalue weighted by Crippen LogP contribution is -2.43. The minimum absolute atomic E-state index is 0.185. The lowest BCUT2D eigenvalue weighted by Gasteiger charge is -2.25. The number of hydrogen-bond donors (Lipinski definition) is 2. The van der Waals surface area contributed by atoms with Gasteiger partial charge in [0.1, 0.15) is 11.4 Å². The van der Waals surface area contributed by atoms with E-state index >= 15 is 0 Å². The van der Waals surface area contributed by atoms with E-state index in [2.05, 4.69) is 15.6 Å². The quantitative estimate of drug-likeness (QED) is 0.872. The number of nitrogens with one attached hydrogen (secondary N) is 2. The summed E-state index contributed by atoms with van der Waals surface area (Å²) in [6.07, 6.45) is 1.42. The predicted molar refractivity (Wildman–Crippen MR) is 72.2 cm³/mol. The third kappa shape index (κ3) is 2.45. The second-order valence-corrected chi connectivity index (χ2v) is 4.58. The molecule has 2 rings (SSSR count). The molecule has 1 aromatic carbocycles. The van der Waals surface area contributed by atoms with Crippen molar-refractivity contribution in [3.05, 3.63) is 35.6 Å². The molecular formula is C14H18FN3O. The highest BCUT2D eigenvalue weighted by Crippen LogP contribution is 2.28. The van der Waals surface area contributed by atoms with Crippen LogP contribution >= 0.6 is 0 Å². The minimum atomic E-state index is -0.922. The molecule has 1 aromatic rings. The Balaban J connectivity index is 2.36. The van der Waals surface area contributed by atoms with Gasteiger partial charge in [-0.05, 0) is 30.5 Å². The molecule has 0 aromatic heterocycles. The van der Waals surface area contributed by atoms with Gasteiger partial charge < -0.3 is 5.32 Å². The van der Waals surface area contributed by atoms with E-state index in [1.807, 2.05) is 13.8 Å². The number of carbonyl (C=O) groups excluding carboxylic acids is 1. The summed E-state index contributed by atoms with van der Waals surface area (Å²) in [5, 5.41) is 5.83. The molecule has 5 heteroatoms. The highest BCUT2D eigenvalue weighted by molar-refractivity contribution is 6.09. The number of amides is 1. The van der Waals surface area contributed by atoms with Gasteiger partial charge in [-0.2, -0.15) is 0 Å². The summed E-state index contributed by atoms with van der Waals surface area (Å²) in [7, 11) is 0. The Morgan fingerprint density at radius 3 is 2.79 bits per heavy atom. The van der Waals surface area contributed by atoms with Crippen molar-refractivity contribution >= 4 is 11.9 Å². The summed E-state index contributed by atoms with van der Waals surface area (Å²) < 4.78 is 13.4. The van der Waals surface area contributed by atoms with Gasteiger partial charge in [0.15, 0.2) is 5.96 Å². The van der Waals surface area contributed by atoms with Crippen LogP contribution in [0.2, 0.25) is 0 Å². The van der Waals surface area contributed by atoms with Crippen molar-refractivity contribution in [3.8, 4) is 0 Å². The number of nitrogens with zero attached hydrogens (tertiary/aromatic N) is 1. The first-order valence-corrected chi connectivity index (χ1v) is 6.52. The summed E-state index contributed by atoms with van der Waals surface area (Å²) in [6.45, 7) is 4.55. The standard InChI is InChI=1S/C14H18FN3O/c1-3-8-16-13-17-12(19)14(4-2,18-13)10-6-5-7-11(15)9-10/h5-7,9H,3-4,8H2,1-2H3,(H2,16,17,18,19). The topological polar surface area (TPSA) is 53.5 Å². The lowest BCUT2D eigenvalue weighted by atomic mass is 9.87. The number of aliphatic imine (C=N–C) groups is 1. The fourth-order valence-corrected chi connectivity index (χ4v) is 2.22. The SMILES string of the molecule is CCCN=C1NC(=O)C(CC)(c2cccc(F)c2)N1. The average molecular weight is 263 g/mol. The van der Waals surface area contributed by atoms with Crippen LogP contribution in [0, 0.1) is 5.82 Å². The van der Waals surface area contributed by atoms with Crippen LogP contribution < -0.4 is 10.6 Å². The Kier molecular flexibility index (Phi) is 3.83. The van der Waals surface area contributed by atoms with Crippen LogP contribution in [0.1, 0.15) is 32.3 Å². The first-order chi connectivity index (χ1) is 9.12. The van der Waals surface area contributed by atoms with Crippen molar-refractivity contribution < 1.29 is 9.18 Å².